The van der Waals surface area contributed by atoms with Crippen molar-refractivity contribution in [3.05, 3.63) is 71.5 Å². The minimum absolute atomic E-state index is 0.0237. The Morgan fingerprint density at radius 2 is 1.80 bits per heavy atom. The van der Waals surface area contributed by atoms with E-state index in [0.717, 1.165) is 95.5 Å². The average molecular weight is 881 g/mol. The van der Waals surface area contributed by atoms with Crippen LogP contribution in [0.1, 0.15) is 129 Å². The Labute approximate surface area is 371 Å². The van der Waals surface area contributed by atoms with Crippen molar-refractivity contribution in [3.63, 3.8) is 0 Å². The van der Waals surface area contributed by atoms with E-state index in [1.807, 2.05) is 19.1 Å². The van der Waals surface area contributed by atoms with Gasteiger partial charge in [0.15, 0.2) is 11.4 Å². The van der Waals surface area contributed by atoms with Crippen LogP contribution in [0.25, 0.3) is 11.5 Å². The number of fused-ring (bicyclic) bond motifs is 1. The predicted molar refractivity (Wildman–Crippen MR) is 236 cm³/mol. The molecule has 2 saturated heterocycles. The van der Waals surface area contributed by atoms with Gasteiger partial charge in [-0.2, -0.15) is 5.10 Å². The Kier molecular flexibility index (Phi) is 12.9. The molecule has 6 heterocycles. The summed E-state index contributed by atoms with van der Waals surface area (Å²) in [6.45, 7) is 7.72. The summed E-state index contributed by atoms with van der Waals surface area (Å²) in [5.41, 5.74) is 3.19. The standard InChI is InChI=1S/C47H58F2N10O5/c1-28-41-34(5-3-6-37(41)59(47(28)63)38-13-14-40(60)54-45(38)62)31-16-21-57(22-17-31)20-4-19-56(2)25-30-9-11-33(12-10-30)58-26-35(42(55-58)43(48)49)52-44(61)36-27-64-46(53-36)32-15-18-50-39(23-32)51-24-29-7-8-29/h3,5-6,15,18,23,26-31,33,38,43H,4,7-14,16-17,19-22,24-25H2,1-2H3,(H,50,51)(H,52,61)(H,54,60,62). The SMILES string of the molecule is CC1C(=O)N(C2CCC(=O)NC2=O)c2cccc(C3CCN(CCCN(C)CC4CCC(n5cc(NC(=O)c6coc(-c7ccnc(NCC8CC8)c7)n6)c(C(F)F)n5)CC4)CC3)c21. The molecule has 2 saturated carbocycles. The molecule has 2 atom stereocenters. The molecule has 3 N–H and O–H groups in total. The first-order valence-electron chi connectivity index (χ1n) is 23.0. The third-order valence-electron chi connectivity index (χ3n) is 14.0. The van der Waals surface area contributed by atoms with E-state index in [4.69, 9.17) is 4.42 Å². The van der Waals surface area contributed by atoms with Crippen LogP contribution in [-0.2, 0) is 14.4 Å². The highest BCUT2D eigenvalue weighted by molar-refractivity contribution is 6.12. The lowest BCUT2D eigenvalue weighted by Gasteiger charge is -2.34. The van der Waals surface area contributed by atoms with Gasteiger partial charge in [0, 0.05) is 43.2 Å². The third-order valence-corrected chi connectivity index (χ3v) is 14.0. The van der Waals surface area contributed by atoms with Crippen LogP contribution in [0.15, 0.2) is 53.4 Å². The van der Waals surface area contributed by atoms with Crippen molar-refractivity contribution in [3.8, 4) is 11.5 Å². The number of hydrogen-bond donors (Lipinski definition) is 3. The molecule has 15 nitrogen and oxygen atoms in total. The first-order valence-corrected chi connectivity index (χ1v) is 23.0. The van der Waals surface area contributed by atoms with Crippen molar-refractivity contribution in [2.75, 3.05) is 61.8 Å². The molecule has 3 aliphatic heterocycles. The van der Waals surface area contributed by atoms with Crippen molar-refractivity contribution < 1.29 is 32.4 Å². The number of amides is 4. The first-order chi connectivity index (χ1) is 31.0. The molecule has 9 rings (SSSR count). The van der Waals surface area contributed by atoms with E-state index in [0.29, 0.717) is 35.6 Å². The van der Waals surface area contributed by atoms with E-state index < -0.39 is 30.0 Å². The van der Waals surface area contributed by atoms with Crippen LogP contribution in [0.3, 0.4) is 0 Å². The number of aromatic nitrogens is 4. The zero-order valence-electron chi connectivity index (χ0n) is 36.6. The minimum atomic E-state index is -2.86. The zero-order chi connectivity index (χ0) is 44.5. The van der Waals surface area contributed by atoms with Gasteiger partial charge in [0.05, 0.1) is 17.6 Å². The molecule has 340 valence electrons. The normalized spacial score (nSPS) is 23.2. The maximum absolute atomic E-state index is 14.2. The quantitative estimate of drug-likeness (QED) is 0.0979. The number of imide groups is 1. The molecular weight excluding hydrogens is 823 g/mol. The largest absolute Gasteiger partial charge is 0.444 e. The van der Waals surface area contributed by atoms with E-state index in [1.165, 1.54) is 30.9 Å². The van der Waals surface area contributed by atoms with Crippen LogP contribution < -0.4 is 20.9 Å². The molecule has 2 unspecified atom stereocenters. The van der Waals surface area contributed by atoms with Gasteiger partial charge < -0.3 is 24.9 Å². The number of piperidine rings is 2. The number of hydrogen-bond acceptors (Lipinski definition) is 11. The first kappa shape index (κ1) is 43.7. The van der Waals surface area contributed by atoms with Gasteiger partial charge in [0.25, 0.3) is 12.3 Å². The number of nitrogens with one attached hydrogen (secondary N) is 3. The molecular formula is C47H58F2N10O5. The van der Waals surface area contributed by atoms with E-state index >= 15 is 0 Å². The zero-order valence-corrected chi connectivity index (χ0v) is 36.6. The summed E-state index contributed by atoms with van der Waals surface area (Å²) in [6.07, 6.45) is 11.1. The number of carbonyl (C=O) groups is 4. The fourth-order valence-corrected chi connectivity index (χ4v) is 10.2. The third kappa shape index (κ3) is 9.60. The summed E-state index contributed by atoms with van der Waals surface area (Å²) in [7, 11) is 2.17. The van der Waals surface area contributed by atoms with E-state index in [1.54, 1.807) is 27.9 Å². The van der Waals surface area contributed by atoms with Crippen molar-refractivity contribution in [1.82, 2.24) is 34.9 Å². The van der Waals surface area contributed by atoms with Gasteiger partial charge in [-0.15, -0.1) is 0 Å². The number of oxazole rings is 1. The molecule has 0 radical (unpaired) electrons. The second-order valence-electron chi connectivity index (χ2n) is 18.5. The number of rotatable bonds is 16. The number of carbonyl (C=O) groups excluding carboxylic acids is 4. The Hall–Kier alpha value is -5.55. The number of benzene rings is 1. The molecule has 64 heavy (non-hydrogen) atoms. The van der Waals surface area contributed by atoms with Crippen LogP contribution in [0.2, 0.25) is 0 Å². The second-order valence-corrected chi connectivity index (χ2v) is 18.5. The molecule has 4 fully saturated rings. The van der Waals surface area contributed by atoms with Crippen molar-refractivity contribution in [1.29, 1.82) is 0 Å². The Balaban J connectivity index is 0.712. The fraction of sp³-hybridized carbons (Fsp3) is 0.553. The smallest absolute Gasteiger partial charge is 0.284 e. The van der Waals surface area contributed by atoms with Crippen molar-refractivity contribution in [2.45, 2.75) is 108 Å². The number of halogens is 2. The van der Waals surface area contributed by atoms with Gasteiger partial charge in [-0.1, -0.05) is 12.1 Å². The molecule has 0 bridgehead atoms. The van der Waals surface area contributed by atoms with Gasteiger partial charge >= 0.3 is 0 Å². The van der Waals surface area contributed by atoms with E-state index in [2.05, 4.69) is 53.9 Å². The fourth-order valence-electron chi connectivity index (χ4n) is 10.2. The summed E-state index contributed by atoms with van der Waals surface area (Å²) in [6, 6.07) is 8.93. The Bertz CT molecular complexity index is 2350. The number of likely N-dealkylation sites (tertiary alicyclic amines) is 1. The van der Waals surface area contributed by atoms with Crippen LogP contribution in [0.4, 0.5) is 26.0 Å². The lowest BCUT2D eigenvalue weighted by Crippen LogP contribution is -2.53. The lowest BCUT2D eigenvalue weighted by molar-refractivity contribution is -0.135. The van der Waals surface area contributed by atoms with Gasteiger partial charge in [-0.05, 0) is 151 Å². The van der Waals surface area contributed by atoms with Crippen molar-refractivity contribution >= 4 is 40.8 Å². The molecule has 5 aliphatic rings. The summed E-state index contributed by atoms with van der Waals surface area (Å²) in [5.74, 6) is 0.699. The number of anilines is 3. The topological polar surface area (TPSA) is 171 Å². The molecule has 4 aromatic rings. The second kappa shape index (κ2) is 18.9. The Morgan fingerprint density at radius 1 is 1.02 bits per heavy atom. The van der Waals surface area contributed by atoms with E-state index in [9.17, 15) is 28.0 Å². The van der Waals surface area contributed by atoms with Gasteiger partial charge in [0.2, 0.25) is 23.6 Å². The highest BCUT2D eigenvalue weighted by Crippen LogP contribution is 2.45. The summed E-state index contributed by atoms with van der Waals surface area (Å²) < 4.78 is 35.6. The lowest BCUT2D eigenvalue weighted by atomic mass is 9.83. The van der Waals surface area contributed by atoms with Crippen LogP contribution in [-0.4, -0.2) is 106 Å². The van der Waals surface area contributed by atoms with E-state index in [-0.39, 0.29) is 47.5 Å². The molecule has 2 aliphatic carbocycles. The average Bonchev–Trinajstić information content (AvgIpc) is 3.70. The monoisotopic (exact) mass is 880 g/mol. The van der Waals surface area contributed by atoms with Crippen LogP contribution >= 0.6 is 0 Å². The van der Waals surface area contributed by atoms with Crippen molar-refractivity contribution in [2.24, 2.45) is 11.8 Å². The molecule has 3 aromatic heterocycles. The Morgan fingerprint density at radius 3 is 2.55 bits per heavy atom. The summed E-state index contributed by atoms with van der Waals surface area (Å²) in [4.78, 5) is 66.5. The number of nitrogens with zero attached hydrogens (tertiary/aromatic N) is 7. The molecule has 17 heteroatoms. The van der Waals surface area contributed by atoms with Gasteiger partial charge in [-0.25, -0.2) is 18.7 Å². The maximum atomic E-state index is 14.2. The van der Waals surface area contributed by atoms with Crippen LogP contribution in [0, 0.1) is 11.8 Å². The molecule has 1 aromatic carbocycles. The van der Waals surface area contributed by atoms with Gasteiger partial charge in [0.1, 0.15) is 18.1 Å². The summed E-state index contributed by atoms with van der Waals surface area (Å²) >= 11 is 0. The minimum Gasteiger partial charge on any atom is -0.444 e. The summed E-state index contributed by atoms with van der Waals surface area (Å²) in [5, 5.41) is 12.6. The highest BCUT2D eigenvalue weighted by Gasteiger charge is 2.44. The van der Waals surface area contributed by atoms with Gasteiger partial charge in [-0.3, -0.25) is 34.1 Å². The van der Waals surface area contributed by atoms with Crippen LogP contribution in [0.5, 0.6) is 0 Å². The molecule has 4 amide bonds. The maximum Gasteiger partial charge on any atom is 0.284 e. The predicted octanol–water partition coefficient (Wildman–Crippen LogP) is 7.13. The highest BCUT2D eigenvalue weighted by atomic mass is 19.3. The molecule has 0 spiro atoms. The number of alkyl halides is 2. The number of pyridine rings is 1.